The Hall–Kier alpha value is -2.94. The van der Waals surface area contributed by atoms with Crippen LogP contribution in [0.3, 0.4) is 0 Å². The largest absolute Gasteiger partial charge is 0.371 e. The molecular weight excluding hydrogens is 399 g/mol. The molecule has 1 aromatic heterocycles. The summed E-state index contributed by atoms with van der Waals surface area (Å²) in [5.41, 5.74) is -0.826. The second-order valence-electron chi connectivity index (χ2n) is 8.01. The third-order valence-corrected chi connectivity index (χ3v) is 5.60. The minimum atomic E-state index is -0.827. The minimum absolute atomic E-state index is 0.00137. The highest BCUT2D eigenvalue weighted by atomic mass is 19.1. The van der Waals surface area contributed by atoms with Crippen molar-refractivity contribution in [2.75, 3.05) is 13.2 Å². The van der Waals surface area contributed by atoms with E-state index in [4.69, 9.17) is 4.74 Å². The van der Waals surface area contributed by atoms with E-state index >= 15 is 0 Å². The molecule has 2 bridgehead atoms. The van der Waals surface area contributed by atoms with Gasteiger partial charge >= 0.3 is 0 Å². The molecule has 2 fully saturated rings. The molecule has 2 unspecified atom stereocenters. The number of nitrogens with one attached hydrogen (secondary N) is 2. The number of carbonyl (C=O) groups is 2. The molecule has 1 aliphatic carbocycles. The maximum absolute atomic E-state index is 13.3. The van der Waals surface area contributed by atoms with E-state index in [1.54, 1.807) is 0 Å². The third kappa shape index (κ3) is 4.30. The number of rotatable bonds is 6. The SMILES string of the molecule is O=C(Cc1cncc(F)c1)NC12CCC(CNC(=O)c3cc(F)cc(F)c3)(C1)OC2. The summed E-state index contributed by atoms with van der Waals surface area (Å²) in [6.07, 6.45) is 4.31. The lowest BCUT2D eigenvalue weighted by atomic mass is 9.97. The number of hydrogen-bond donors (Lipinski definition) is 2. The summed E-state index contributed by atoms with van der Waals surface area (Å²) in [5.74, 6) is -3.02. The van der Waals surface area contributed by atoms with E-state index in [9.17, 15) is 22.8 Å². The van der Waals surface area contributed by atoms with Gasteiger partial charge in [0.05, 0.1) is 30.4 Å². The fourth-order valence-corrected chi connectivity index (χ4v) is 4.25. The van der Waals surface area contributed by atoms with E-state index in [0.717, 1.165) is 18.3 Å². The molecule has 0 radical (unpaired) electrons. The molecule has 9 heteroatoms. The van der Waals surface area contributed by atoms with Gasteiger partial charge in [0.25, 0.3) is 5.91 Å². The number of nitrogens with zero attached hydrogens (tertiary/aromatic N) is 1. The number of aromatic nitrogens is 1. The van der Waals surface area contributed by atoms with Crippen LogP contribution in [-0.2, 0) is 16.0 Å². The fourth-order valence-electron chi connectivity index (χ4n) is 4.25. The molecule has 1 aliphatic heterocycles. The van der Waals surface area contributed by atoms with Crippen molar-refractivity contribution in [2.24, 2.45) is 0 Å². The first-order valence-electron chi connectivity index (χ1n) is 9.55. The summed E-state index contributed by atoms with van der Waals surface area (Å²) in [5, 5.41) is 5.66. The summed E-state index contributed by atoms with van der Waals surface area (Å²) < 4.78 is 45.8. The Labute approximate surface area is 170 Å². The van der Waals surface area contributed by atoms with Gasteiger partial charge in [-0.05, 0) is 36.6 Å². The van der Waals surface area contributed by atoms with Crippen molar-refractivity contribution in [1.82, 2.24) is 15.6 Å². The Bertz CT molecular complexity index is 970. The van der Waals surface area contributed by atoms with Crippen molar-refractivity contribution in [1.29, 1.82) is 0 Å². The number of pyridine rings is 1. The van der Waals surface area contributed by atoms with E-state index in [0.29, 0.717) is 37.5 Å². The Balaban J connectivity index is 1.34. The van der Waals surface area contributed by atoms with Crippen LogP contribution in [0.4, 0.5) is 13.2 Å². The van der Waals surface area contributed by atoms with Gasteiger partial charge in [0.2, 0.25) is 5.91 Å². The van der Waals surface area contributed by atoms with Gasteiger partial charge in [-0.2, -0.15) is 0 Å². The molecule has 4 rings (SSSR count). The average molecular weight is 419 g/mol. The van der Waals surface area contributed by atoms with Gasteiger partial charge in [0.1, 0.15) is 17.5 Å². The molecule has 6 nitrogen and oxygen atoms in total. The second-order valence-corrected chi connectivity index (χ2v) is 8.01. The molecule has 2 atom stereocenters. The summed E-state index contributed by atoms with van der Waals surface area (Å²) >= 11 is 0. The lowest BCUT2D eigenvalue weighted by Crippen LogP contribution is -2.48. The topological polar surface area (TPSA) is 80.3 Å². The zero-order valence-electron chi connectivity index (χ0n) is 16.0. The van der Waals surface area contributed by atoms with Gasteiger partial charge in [0.15, 0.2) is 0 Å². The molecule has 30 heavy (non-hydrogen) atoms. The van der Waals surface area contributed by atoms with Crippen molar-refractivity contribution < 1.29 is 27.5 Å². The number of fused-ring (bicyclic) bond motifs is 2. The maximum Gasteiger partial charge on any atom is 0.251 e. The molecular formula is C21H20F3N3O3. The van der Waals surface area contributed by atoms with Gasteiger partial charge in [0, 0.05) is 30.8 Å². The predicted molar refractivity (Wildman–Crippen MR) is 100.0 cm³/mol. The molecule has 2 heterocycles. The molecule has 2 aromatic rings. The van der Waals surface area contributed by atoms with Crippen LogP contribution in [-0.4, -0.2) is 41.1 Å². The second kappa shape index (κ2) is 7.71. The van der Waals surface area contributed by atoms with E-state index in [1.807, 2.05) is 0 Å². The standard InChI is InChI=1S/C21H20F3N3O3/c22-15-5-14(6-16(23)7-15)19(29)26-11-21-2-1-20(10-21,12-30-21)27-18(28)4-13-3-17(24)9-25-8-13/h3,5-9H,1-2,4,10-12H2,(H,26,29)(H,27,28). The molecule has 1 aromatic carbocycles. The lowest BCUT2D eigenvalue weighted by Gasteiger charge is -2.29. The van der Waals surface area contributed by atoms with Crippen molar-refractivity contribution >= 4 is 11.8 Å². The first-order valence-corrected chi connectivity index (χ1v) is 9.55. The van der Waals surface area contributed by atoms with Crippen molar-refractivity contribution in [3.8, 4) is 0 Å². The Morgan fingerprint density at radius 3 is 2.47 bits per heavy atom. The smallest absolute Gasteiger partial charge is 0.251 e. The molecule has 1 saturated carbocycles. The van der Waals surface area contributed by atoms with E-state index in [2.05, 4.69) is 15.6 Å². The van der Waals surface area contributed by atoms with Crippen molar-refractivity contribution in [3.05, 3.63) is 65.2 Å². The molecule has 1 saturated heterocycles. The third-order valence-electron chi connectivity index (χ3n) is 5.60. The van der Waals surface area contributed by atoms with Crippen molar-refractivity contribution in [2.45, 2.75) is 36.8 Å². The molecule has 158 valence electrons. The normalized spacial score (nSPS) is 24.6. The van der Waals surface area contributed by atoms with Gasteiger partial charge < -0.3 is 15.4 Å². The van der Waals surface area contributed by atoms with Crippen LogP contribution in [0.5, 0.6) is 0 Å². The van der Waals surface area contributed by atoms with Crippen LogP contribution in [0.25, 0.3) is 0 Å². The monoisotopic (exact) mass is 419 g/mol. The molecule has 2 amide bonds. The summed E-state index contributed by atoms with van der Waals surface area (Å²) in [4.78, 5) is 28.4. The number of hydrogen-bond acceptors (Lipinski definition) is 4. The van der Waals surface area contributed by atoms with Crippen LogP contribution in [0, 0.1) is 17.5 Å². The first-order chi connectivity index (χ1) is 14.3. The van der Waals surface area contributed by atoms with Crippen LogP contribution in [0.1, 0.15) is 35.2 Å². The van der Waals surface area contributed by atoms with Gasteiger partial charge in [-0.3, -0.25) is 14.6 Å². The zero-order chi connectivity index (χ0) is 21.4. The lowest BCUT2D eigenvalue weighted by molar-refractivity contribution is -0.122. The Morgan fingerprint density at radius 2 is 1.80 bits per heavy atom. The summed E-state index contributed by atoms with van der Waals surface area (Å²) in [7, 11) is 0. The highest BCUT2D eigenvalue weighted by Gasteiger charge is 2.56. The van der Waals surface area contributed by atoms with E-state index in [1.165, 1.54) is 12.3 Å². The van der Waals surface area contributed by atoms with Crippen LogP contribution < -0.4 is 10.6 Å². The fraction of sp³-hybridized carbons (Fsp3) is 0.381. The average Bonchev–Trinajstić information content (AvgIpc) is 3.21. The highest BCUT2D eigenvalue weighted by molar-refractivity contribution is 5.94. The summed E-state index contributed by atoms with van der Waals surface area (Å²) in [6.45, 7) is 0.458. The number of benzene rings is 1. The number of ether oxygens (including phenoxy) is 1. The summed E-state index contributed by atoms with van der Waals surface area (Å²) in [6, 6.07) is 3.89. The predicted octanol–water partition coefficient (Wildman–Crippen LogP) is 2.28. The van der Waals surface area contributed by atoms with E-state index in [-0.39, 0.29) is 24.4 Å². The van der Waals surface area contributed by atoms with Crippen LogP contribution >= 0.6 is 0 Å². The van der Waals surface area contributed by atoms with Crippen LogP contribution in [0.15, 0.2) is 36.7 Å². The number of halogens is 3. The van der Waals surface area contributed by atoms with E-state index < -0.39 is 34.5 Å². The molecule has 0 spiro atoms. The maximum atomic E-state index is 13.3. The number of amides is 2. The zero-order valence-corrected chi connectivity index (χ0v) is 16.0. The number of carbonyl (C=O) groups excluding carboxylic acids is 2. The van der Waals surface area contributed by atoms with Crippen molar-refractivity contribution in [3.63, 3.8) is 0 Å². The highest BCUT2D eigenvalue weighted by Crippen LogP contribution is 2.46. The minimum Gasteiger partial charge on any atom is -0.371 e. The van der Waals surface area contributed by atoms with Crippen LogP contribution in [0.2, 0.25) is 0 Å². The van der Waals surface area contributed by atoms with Gasteiger partial charge in [-0.1, -0.05) is 0 Å². The van der Waals surface area contributed by atoms with Gasteiger partial charge in [-0.15, -0.1) is 0 Å². The first kappa shape index (κ1) is 20.3. The Kier molecular flexibility index (Phi) is 5.23. The van der Waals surface area contributed by atoms with Gasteiger partial charge in [-0.25, -0.2) is 13.2 Å². The quantitative estimate of drug-likeness (QED) is 0.753. The molecule has 2 aliphatic rings. The Morgan fingerprint density at radius 1 is 1.03 bits per heavy atom. The molecule has 2 N–H and O–H groups in total.